The van der Waals surface area contributed by atoms with Gasteiger partial charge in [0.15, 0.2) is 0 Å². The lowest BCUT2D eigenvalue weighted by molar-refractivity contribution is 0.100. The first-order valence-electron chi connectivity index (χ1n) is 7.35. The third kappa shape index (κ3) is 3.52. The summed E-state index contributed by atoms with van der Waals surface area (Å²) in [5.74, 6) is 1.31. The summed E-state index contributed by atoms with van der Waals surface area (Å²) in [7, 11) is 1.60. The van der Waals surface area contributed by atoms with Gasteiger partial charge in [0.1, 0.15) is 11.5 Å². The van der Waals surface area contributed by atoms with Crippen molar-refractivity contribution in [1.82, 2.24) is 4.98 Å². The van der Waals surface area contributed by atoms with Gasteiger partial charge in [-0.25, -0.2) is 4.98 Å². The molecule has 0 unspecified atom stereocenters. The number of rotatable bonds is 5. The number of nitrogens with zero attached hydrogens (tertiary/aromatic N) is 1. The molecule has 1 aromatic heterocycles. The highest BCUT2D eigenvalue weighted by Crippen LogP contribution is 2.26. The van der Waals surface area contributed by atoms with Crippen molar-refractivity contribution in [2.75, 3.05) is 7.11 Å². The van der Waals surface area contributed by atoms with Crippen LogP contribution in [-0.4, -0.2) is 18.0 Å². The molecule has 0 saturated carbocycles. The molecule has 2 aromatic carbocycles. The molecule has 0 aliphatic heterocycles. The zero-order chi connectivity index (χ0) is 16.9. The van der Waals surface area contributed by atoms with Crippen LogP contribution >= 0.6 is 0 Å². The normalized spacial score (nSPS) is 10.2. The van der Waals surface area contributed by atoms with Crippen LogP contribution in [-0.2, 0) is 0 Å². The average molecular weight is 320 g/mol. The van der Waals surface area contributed by atoms with Gasteiger partial charge in [-0.1, -0.05) is 24.3 Å². The predicted molar refractivity (Wildman–Crippen MR) is 91.3 cm³/mol. The highest BCUT2D eigenvalue weighted by molar-refractivity contribution is 5.94. The van der Waals surface area contributed by atoms with Crippen molar-refractivity contribution in [3.63, 3.8) is 0 Å². The van der Waals surface area contributed by atoms with Gasteiger partial charge in [0, 0.05) is 23.3 Å². The van der Waals surface area contributed by atoms with Crippen molar-refractivity contribution in [2.24, 2.45) is 5.73 Å². The Hall–Kier alpha value is -3.34. The second kappa shape index (κ2) is 6.83. The van der Waals surface area contributed by atoms with E-state index < -0.39 is 5.91 Å². The minimum atomic E-state index is -0.472. The summed E-state index contributed by atoms with van der Waals surface area (Å²) < 4.78 is 11.0. The number of hydrogen-bond acceptors (Lipinski definition) is 4. The number of methoxy groups -OCH3 is 1. The zero-order valence-corrected chi connectivity index (χ0v) is 13.1. The van der Waals surface area contributed by atoms with Gasteiger partial charge in [-0.15, -0.1) is 0 Å². The number of carbonyl (C=O) groups is 1. The Morgan fingerprint density at radius 3 is 2.50 bits per heavy atom. The predicted octanol–water partition coefficient (Wildman–Crippen LogP) is 3.65. The molecule has 24 heavy (non-hydrogen) atoms. The summed E-state index contributed by atoms with van der Waals surface area (Å²) >= 11 is 0. The second-order valence-corrected chi connectivity index (χ2v) is 5.09. The topological polar surface area (TPSA) is 74.4 Å². The first-order valence-corrected chi connectivity index (χ1v) is 7.35. The largest absolute Gasteiger partial charge is 0.497 e. The van der Waals surface area contributed by atoms with E-state index in [0.29, 0.717) is 28.6 Å². The highest BCUT2D eigenvalue weighted by atomic mass is 16.5. The Balaban J connectivity index is 1.89. The number of hydrogen-bond donors (Lipinski definition) is 1. The third-order valence-corrected chi connectivity index (χ3v) is 3.43. The van der Waals surface area contributed by atoms with Crippen LogP contribution in [0.4, 0.5) is 0 Å². The van der Waals surface area contributed by atoms with Crippen LogP contribution < -0.4 is 15.2 Å². The Bertz CT molecular complexity index is 878. The summed E-state index contributed by atoms with van der Waals surface area (Å²) in [4.78, 5) is 15.8. The second-order valence-electron chi connectivity index (χ2n) is 5.09. The Labute approximate surface area is 139 Å². The number of benzene rings is 2. The van der Waals surface area contributed by atoms with Crippen LogP contribution in [0.15, 0.2) is 66.7 Å². The van der Waals surface area contributed by atoms with E-state index in [0.717, 1.165) is 5.56 Å². The molecule has 0 radical (unpaired) electrons. The van der Waals surface area contributed by atoms with Crippen molar-refractivity contribution in [3.8, 4) is 28.6 Å². The molecule has 0 aliphatic carbocycles. The molecule has 0 fully saturated rings. The summed E-state index contributed by atoms with van der Waals surface area (Å²) in [6, 6.07) is 19.8. The summed E-state index contributed by atoms with van der Waals surface area (Å²) in [5, 5.41) is 0. The van der Waals surface area contributed by atoms with Crippen molar-refractivity contribution in [1.29, 1.82) is 0 Å². The van der Waals surface area contributed by atoms with E-state index in [1.807, 2.05) is 36.4 Å². The first kappa shape index (κ1) is 15.6. The fourth-order valence-corrected chi connectivity index (χ4v) is 2.25. The zero-order valence-electron chi connectivity index (χ0n) is 13.1. The average Bonchev–Trinajstić information content (AvgIpc) is 2.62. The van der Waals surface area contributed by atoms with Gasteiger partial charge in [-0.05, 0) is 30.3 Å². The van der Waals surface area contributed by atoms with Crippen LogP contribution in [0.3, 0.4) is 0 Å². The quantitative estimate of drug-likeness (QED) is 0.778. The minimum Gasteiger partial charge on any atom is -0.497 e. The molecule has 0 atom stereocenters. The van der Waals surface area contributed by atoms with E-state index in [1.165, 1.54) is 0 Å². The number of pyridine rings is 1. The molecule has 2 N–H and O–H groups in total. The van der Waals surface area contributed by atoms with E-state index in [-0.39, 0.29) is 0 Å². The van der Waals surface area contributed by atoms with Gasteiger partial charge in [-0.2, -0.15) is 0 Å². The smallest absolute Gasteiger partial charge is 0.248 e. The Morgan fingerprint density at radius 2 is 1.71 bits per heavy atom. The minimum absolute atomic E-state index is 0.438. The molecule has 0 spiro atoms. The number of amides is 1. The number of ether oxygens (including phenoxy) is 2. The van der Waals surface area contributed by atoms with Crippen molar-refractivity contribution in [2.45, 2.75) is 0 Å². The van der Waals surface area contributed by atoms with Crippen LogP contribution in [0.25, 0.3) is 11.3 Å². The fraction of sp³-hybridized carbons (Fsp3) is 0.0526. The molecule has 0 aliphatic rings. The molecule has 0 saturated heterocycles. The number of aromatic nitrogens is 1. The summed E-state index contributed by atoms with van der Waals surface area (Å²) in [6.45, 7) is 0. The highest BCUT2D eigenvalue weighted by Gasteiger charge is 2.06. The van der Waals surface area contributed by atoms with Crippen LogP contribution in [0.5, 0.6) is 17.4 Å². The lowest BCUT2D eigenvalue weighted by Gasteiger charge is -2.08. The van der Waals surface area contributed by atoms with E-state index in [9.17, 15) is 4.79 Å². The van der Waals surface area contributed by atoms with Gasteiger partial charge in [0.25, 0.3) is 0 Å². The van der Waals surface area contributed by atoms with Crippen molar-refractivity contribution >= 4 is 5.91 Å². The van der Waals surface area contributed by atoms with Gasteiger partial charge >= 0.3 is 0 Å². The SMILES string of the molecule is COc1cccc(Oc2cccc(-c3cccc(C(N)=O)c3)n2)c1. The molecule has 0 bridgehead atoms. The van der Waals surface area contributed by atoms with E-state index in [4.69, 9.17) is 15.2 Å². The Morgan fingerprint density at radius 1 is 0.958 bits per heavy atom. The molecule has 3 aromatic rings. The van der Waals surface area contributed by atoms with Crippen LogP contribution in [0.1, 0.15) is 10.4 Å². The summed E-state index contributed by atoms with van der Waals surface area (Å²) in [5.41, 5.74) is 7.25. The standard InChI is InChI=1S/C19H16N2O3/c1-23-15-7-3-8-16(12-15)24-18-10-4-9-17(21-18)13-5-2-6-14(11-13)19(20)22/h2-12H,1H3,(H2,20,22). The molecule has 5 nitrogen and oxygen atoms in total. The Kier molecular flexibility index (Phi) is 4.43. The monoisotopic (exact) mass is 320 g/mol. The van der Waals surface area contributed by atoms with Crippen molar-refractivity contribution < 1.29 is 14.3 Å². The number of carbonyl (C=O) groups excluding carboxylic acids is 1. The number of primary amides is 1. The van der Waals surface area contributed by atoms with E-state index >= 15 is 0 Å². The third-order valence-electron chi connectivity index (χ3n) is 3.43. The molecule has 3 rings (SSSR count). The maximum Gasteiger partial charge on any atom is 0.248 e. The first-order chi connectivity index (χ1) is 11.7. The lowest BCUT2D eigenvalue weighted by Crippen LogP contribution is -2.10. The molecule has 120 valence electrons. The lowest BCUT2D eigenvalue weighted by atomic mass is 10.1. The van der Waals surface area contributed by atoms with E-state index in [1.54, 1.807) is 37.4 Å². The molecular weight excluding hydrogens is 304 g/mol. The maximum atomic E-state index is 11.3. The van der Waals surface area contributed by atoms with Gasteiger partial charge < -0.3 is 15.2 Å². The van der Waals surface area contributed by atoms with Crippen LogP contribution in [0, 0.1) is 0 Å². The molecule has 1 heterocycles. The molecule has 5 heteroatoms. The molecule has 1 amide bonds. The van der Waals surface area contributed by atoms with Gasteiger partial charge in [0.2, 0.25) is 11.8 Å². The fourth-order valence-electron chi connectivity index (χ4n) is 2.25. The molecular formula is C19H16N2O3. The number of nitrogens with two attached hydrogens (primary N) is 1. The van der Waals surface area contributed by atoms with E-state index in [2.05, 4.69) is 4.98 Å². The van der Waals surface area contributed by atoms with Crippen LogP contribution in [0.2, 0.25) is 0 Å². The van der Waals surface area contributed by atoms with Gasteiger partial charge in [-0.3, -0.25) is 4.79 Å². The summed E-state index contributed by atoms with van der Waals surface area (Å²) in [6.07, 6.45) is 0. The van der Waals surface area contributed by atoms with Crippen molar-refractivity contribution in [3.05, 3.63) is 72.3 Å². The maximum absolute atomic E-state index is 11.3. The van der Waals surface area contributed by atoms with Gasteiger partial charge in [0.05, 0.1) is 12.8 Å².